The van der Waals surface area contributed by atoms with Gasteiger partial charge in [0.15, 0.2) is 0 Å². The summed E-state index contributed by atoms with van der Waals surface area (Å²) in [5.74, 6) is -0.163. The van der Waals surface area contributed by atoms with E-state index in [1.807, 2.05) is 36.4 Å². The Kier molecular flexibility index (Phi) is 6.88. The van der Waals surface area contributed by atoms with Gasteiger partial charge < -0.3 is 15.2 Å². The zero-order valence-electron chi connectivity index (χ0n) is 13.4. The molecule has 0 saturated carbocycles. The third kappa shape index (κ3) is 5.42. The van der Waals surface area contributed by atoms with Crippen molar-refractivity contribution in [2.75, 3.05) is 11.9 Å². The van der Waals surface area contributed by atoms with Crippen LogP contribution >= 0.6 is 15.9 Å². The van der Waals surface area contributed by atoms with Crippen LogP contribution in [0, 0.1) is 0 Å². The highest BCUT2D eigenvalue weighted by Crippen LogP contribution is 2.29. The van der Waals surface area contributed by atoms with Crippen LogP contribution in [0.5, 0.6) is 5.75 Å². The maximum absolute atomic E-state index is 11.4. The van der Waals surface area contributed by atoms with Crippen molar-refractivity contribution in [3.8, 4) is 5.75 Å². The number of para-hydroxylation sites is 2. The molecule has 2 aromatic carbocycles. The fraction of sp³-hybridized carbons (Fsp3) is 0.211. The van der Waals surface area contributed by atoms with Crippen LogP contribution in [0.4, 0.5) is 5.69 Å². The number of carbonyl (C=O) groups is 1. The molecule has 126 valence electrons. The number of nitrogens with one attached hydrogen (secondary N) is 1. The molecular formula is C19H20BrNO3. The first-order chi connectivity index (χ1) is 11.6. The number of anilines is 1. The summed E-state index contributed by atoms with van der Waals surface area (Å²) in [5.41, 5.74) is 1.70. The molecule has 0 aromatic heterocycles. The Bertz CT molecular complexity index is 698. The van der Waals surface area contributed by atoms with E-state index in [1.165, 1.54) is 6.08 Å². The number of hydrogen-bond acceptors (Lipinski definition) is 4. The molecule has 0 spiro atoms. The minimum atomic E-state index is -0.352. The molecule has 5 heteroatoms. The van der Waals surface area contributed by atoms with Crippen LogP contribution < -0.4 is 5.32 Å². The monoisotopic (exact) mass is 389 g/mol. The van der Waals surface area contributed by atoms with E-state index in [-0.39, 0.29) is 17.8 Å². The summed E-state index contributed by atoms with van der Waals surface area (Å²) in [6.45, 7) is 2.13. The van der Waals surface area contributed by atoms with Gasteiger partial charge in [0.05, 0.1) is 18.3 Å². The quantitative estimate of drug-likeness (QED) is 0.405. The SMILES string of the molecule is CCOC(=O)/C=C/CC(Nc1ccccc1O)c1ccc(Br)cc1. The first kappa shape index (κ1) is 18.1. The first-order valence-electron chi connectivity index (χ1n) is 7.73. The van der Waals surface area contributed by atoms with E-state index in [1.54, 1.807) is 25.1 Å². The van der Waals surface area contributed by atoms with Gasteiger partial charge >= 0.3 is 5.97 Å². The maximum atomic E-state index is 11.4. The summed E-state index contributed by atoms with van der Waals surface area (Å²) >= 11 is 3.43. The van der Waals surface area contributed by atoms with Gasteiger partial charge in [-0.2, -0.15) is 0 Å². The van der Waals surface area contributed by atoms with Gasteiger partial charge in [-0.05, 0) is 43.2 Å². The molecule has 0 bridgehead atoms. The number of hydrogen-bond donors (Lipinski definition) is 2. The van der Waals surface area contributed by atoms with E-state index in [4.69, 9.17) is 4.74 Å². The summed E-state index contributed by atoms with van der Waals surface area (Å²) in [6.07, 6.45) is 3.79. The molecule has 0 radical (unpaired) electrons. The summed E-state index contributed by atoms with van der Waals surface area (Å²) < 4.78 is 5.89. The van der Waals surface area contributed by atoms with Gasteiger partial charge in [0.1, 0.15) is 5.75 Å². The van der Waals surface area contributed by atoms with Crippen molar-refractivity contribution in [1.29, 1.82) is 0 Å². The van der Waals surface area contributed by atoms with Crippen LogP contribution in [0.2, 0.25) is 0 Å². The fourth-order valence-corrected chi connectivity index (χ4v) is 2.51. The van der Waals surface area contributed by atoms with Crippen molar-refractivity contribution in [1.82, 2.24) is 0 Å². The number of aromatic hydroxyl groups is 1. The van der Waals surface area contributed by atoms with Crippen LogP contribution in [0.15, 0.2) is 65.2 Å². The maximum Gasteiger partial charge on any atom is 0.330 e. The van der Waals surface area contributed by atoms with Gasteiger partial charge in [0.2, 0.25) is 0 Å². The van der Waals surface area contributed by atoms with Gasteiger partial charge in [-0.15, -0.1) is 0 Å². The van der Waals surface area contributed by atoms with Crippen molar-refractivity contribution in [3.63, 3.8) is 0 Å². The lowest BCUT2D eigenvalue weighted by Gasteiger charge is -2.20. The number of benzene rings is 2. The molecule has 2 N–H and O–H groups in total. The van der Waals surface area contributed by atoms with Gasteiger partial charge in [-0.3, -0.25) is 0 Å². The highest BCUT2D eigenvalue weighted by molar-refractivity contribution is 9.10. The van der Waals surface area contributed by atoms with E-state index in [0.29, 0.717) is 18.7 Å². The zero-order valence-corrected chi connectivity index (χ0v) is 15.0. The standard InChI is InChI=1S/C19H20BrNO3/c1-2-24-19(23)9-5-7-16(14-10-12-15(20)13-11-14)21-17-6-3-4-8-18(17)22/h3-6,8-13,16,21-22H,2,7H2,1H3/b9-5+. The van der Waals surface area contributed by atoms with E-state index in [9.17, 15) is 9.90 Å². The second-order valence-electron chi connectivity index (χ2n) is 5.16. The van der Waals surface area contributed by atoms with Gasteiger partial charge in [-0.1, -0.05) is 46.3 Å². The van der Waals surface area contributed by atoms with Crippen molar-refractivity contribution in [3.05, 3.63) is 70.7 Å². The number of phenolic OH excluding ortho intramolecular Hbond substituents is 1. The third-order valence-electron chi connectivity index (χ3n) is 3.42. The van der Waals surface area contributed by atoms with Crippen molar-refractivity contribution in [2.45, 2.75) is 19.4 Å². The topological polar surface area (TPSA) is 58.6 Å². The highest BCUT2D eigenvalue weighted by Gasteiger charge is 2.12. The van der Waals surface area contributed by atoms with Gasteiger partial charge in [-0.25, -0.2) is 4.79 Å². The second kappa shape index (κ2) is 9.13. The Morgan fingerprint density at radius 1 is 1.25 bits per heavy atom. The van der Waals surface area contributed by atoms with E-state index < -0.39 is 0 Å². The normalized spacial score (nSPS) is 12.1. The number of esters is 1. The predicted octanol–water partition coefficient (Wildman–Crippen LogP) is 4.82. The largest absolute Gasteiger partial charge is 0.506 e. The van der Waals surface area contributed by atoms with Crippen molar-refractivity contribution >= 4 is 27.6 Å². The molecule has 24 heavy (non-hydrogen) atoms. The smallest absolute Gasteiger partial charge is 0.330 e. The van der Waals surface area contributed by atoms with Crippen molar-refractivity contribution in [2.24, 2.45) is 0 Å². The molecular weight excluding hydrogens is 370 g/mol. The number of phenols is 1. The van der Waals surface area contributed by atoms with Gasteiger partial charge in [0.25, 0.3) is 0 Å². The van der Waals surface area contributed by atoms with Crippen LogP contribution in [0.25, 0.3) is 0 Å². The molecule has 0 saturated heterocycles. The summed E-state index contributed by atoms with van der Waals surface area (Å²) in [7, 11) is 0. The minimum Gasteiger partial charge on any atom is -0.506 e. The molecule has 0 amide bonds. The molecule has 2 aromatic rings. The molecule has 0 aliphatic carbocycles. The van der Waals surface area contributed by atoms with E-state index in [2.05, 4.69) is 21.2 Å². The first-order valence-corrected chi connectivity index (χ1v) is 8.52. The summed E-state index contributed by atoms with van der Waals surface area (Å²) in [5, 5.41) is 13.3. The van der Waals surface area contributed by atoms with Crippen LogP contribution in [0.3, 0.4) is 0 Å². The lowest BCUT2D eigenvalue weighted by Crippen LogP contribution is -2.10. The van der Waals surface area contributed by atoms with Crippen LogP contribution in [-0.2, 0) is 9.53 Å². The van der Waals surface area contributed by atoms with Gasteiger partial charge in [0, 0.05) is 10.5 Å². The molecule has 0 aliphatic heterocycles. The second-order valence-corrected chi connectivity index (χ2v) is 6.07. The molecule has 0 fully saturated rings. The van der Waals surface area contributed by atoms with E-state index >= 15 is 0 Å². The average molecular weight is 390 g/mol. The zero-order chi connectivity index (χ0) is 17.4. The minimum absolute atomic E-state index is 0.0860. The lowest BCUT2D eigenvalue weighted by molar-refractivity contribution is -0.137. The summed E-state index contributed by atoms with van der Waals surface area (Å²) in [4.78, 5) is 11.4. The Balaban J connectivity index is 2.16. The third-order valence-corrected chi connectivity index (χ3v) is 3.95. The number of ether oxygens (including phenoxy) is 1. The van der Waals surface area contributed by atoms with E-state index in [0.717, 1.165) is 10.0 Å². The fourth-order valence-electron chi connectivity index (χ4n) is 2.25. The molecule has 1 unspecified atom stereocenters. The number of rotatable bonds is 7. The number of carbonyl (C=O) groups excluding carboxylic acids is 1. The molecule has 2 rings (SSSR count). The van der Waals surface area contributed by atoms with Crippen molar-refractivity contribution < 1.29 is 14.6 Å². The summed E-state index contributed by atoms with van der Waals surface area (Å²) in [6, 6.07) is 14.9. The Morgan fingerprint density at radius 3 is 2.62 bits per heavy atom. The molecule has 4 nitrogen and oxygen atoms in total. The highest BCUT2D eigenvalue weighted by atomic mass is 79.9. The molecule has 0 aliphatic rings. The average Bonchev–Trinajstić information content (AvgIpc) is 2.57. The lowest BCUT2D eigenvalue weighted by atomic mass is 10.0. The molecule has 0 heterocycles. The van der Waals surface area contributed by atoms with Crippen LogP contribution in [-0.4, -0.2) is 17.7 Å². The Hall–Kier alpha value is -2.27. The Labute approximate surface area is 150 Å². The number of halogens is 1. The Morgan fingerprint density at radius 2 is 1.96 bits per heavy atom. The predicted molar refractivity (Wildman–Crippen MR) is 99.0 cm³/mol. The van der Waals surface area contributed by atoms with Crippen LogP contribution in [0.1, 0.15) is 24.9 Å². The molecule has 1 atom stereocenters.